The number of Topliss-reactive ketones (excluding diaryl/α,β-unsaturated/α-hetero) is 1. The van der Waals surface area contributed by atoms with Crippen molar-refractivity contribution in [3.05, 3.63) is 67.6 Å². The van der Waals surface area contributed by atoms with E-state index in [2.05, 4.69) is 43.1 Å². The number of oxime groups is 1. The van der Waals surface area contributed by atoms with Gasteiger partial charge in [-0.05, 0) is 74.4 Å². The molecule has 6 heteroatoms. The molecule has 150 valence electrons. The molecule has 0 fully saturated rings. The van der Waals surface area contributed by atoms with Gasteiger partial charge in [-0.15, -0.1) is 0 Å². The summed E-state index contributed by atoms with van der Waals surface area (Å²) >= 11 is 6.83. The van der Waals surface area contributed by atoms with E-state index in [9.17, 15) is 4.79 Å². The Bertz CT molecular complexity index is 850. The summed E-state index contributed by atoms with van der Waals surface area (Å²) in [6, 6.07) is 12.0. The number of aryl methyl sites for hydroxylation is 2. The topological polar surface area (TPSA) is 69.9 Å². The number of benzene rings is 2. The van der Waals surface area contributed by atoms with Crippen LogP contribution in [0.15, 0.2) is 50.5 Å². The maximum Gasteiger partial charge on any atom is 0.163 e. The molecule has 0 saturated heterocycles. The van der Waals surface area contributed by atoms with Crippen LogP contribution < -0.4 is 0 Å². The number of fused-ring (bicyclic) bond motifs is 2. The van der Waals surface area contributed by atoms with E-state index < -0.39 is 0 Å². The maximum absolute atomic E-state index is 11.4. The standard InChI is InChI=1S/C10H10BrNO.C10H9BrO.C2H6O/c11-8-4-5-9-7(6-8)2-1-3-10(9)12-13;11-8-4-5-9-7(6-8)2-1-3-10(9)12;1-2-3/h4-6,13H,1-3H2;4-6H,1-3H2;3H,2H2,1H3/b12-10-;;. The zero-order valence-corrected chi connectivity index (χ0v) is 19.1. The number of carbonyl (C=O) groups excluding carboxylic acids is 1. The lowest BCUT2D eigenvalue weighted by molar-refractivity contribution is 0.0972. The van der Waals surface area contributed by atoms with Crippen LogP contribution in [0.3, 0.4) is 0 Å². The highest BCUT2D eigenvalue weighted by atomic mass is 79.9. The summed E-state index contributed by atoms with van der Waals surface area (Å²) < 4.78 is 2.15. The fraction of sp³-hybridized carbons (Fsp3) is 0.364. The fourth-order valence-corrected chi connectivity index (χ4v) is 4.17. The zero-order valence-electron chi connectivity index (χ0n) is 15.9. The fourth-order valence-electron chi connectivity index (χ4n) is 3.35. The summed E-state index contributed by atoms with van der Waals surface area (Å²) in [7, 11) is 0. The van der Waals surface area contributed by atoms with Gasteiger partial charge in [0.15, 0.2) is 5.78 Å². The third-order valence-corrected chi connectivity index (χ3v) is 5.56. The Balaban J connectivity index is 0.000000176. The summed E-state index contributed by atoms with van der Waals surface area (Å²) in [6.07, 6.45) is 5.79. The normalized spacial score (nSPS) is 16.1. The number of ketones is 1. The molecule has 0 atom stereocenters. The number of nitrogens with zero attached hydrogens (tertiary/aromatic N) is 1. The first-order chi connectivity index (χ1) is 13.5. The molecule has 2 N–H and O–H groups in total. The summed E-state index contributed by atoms with van der Waals surface area (Å²) in [5.74, 6) is 0.295. The first kappa shape index (κ1) is 22.8. The van der Waals surface area contributed by atoms with Crippen molar-refractivity contribution in [2.45, 2.75) is 45.4 Å². The average molecular weight is 511 g/mol. The van der Waals surface area contributed by atoms with Gasteiger partial charge in [0.2, 0.25) is 0 Å². The third-order valence-electron chi connectivity index (χ3n) is 4.58. The Morgan fingerprint density at radius 2 is 1.39 bits per heavy atom. The zero-order chi connectivity index (χ0) is 20.5. The van der Waals surface area contributed by atoms with Crippen LogP contribution >= 0.6 is 31.9 Å². The van der Waals surface area contributed by atoms with Crippen molar-refractivity contribution in [1.82, 2.24) is 0 Å². The molecule has 0 heterocycles. The number of hydrogen-bond donors (Lipinski definition) is 2. The van der Waals surface area contributed by atoms with Crippen molar-refractivity contribution >= 4 is 43.4 Å². The molecule has 4 nitrogen and oxygen atoms in total. The maximum atomic E-state index is 11.4. The Labute approximate surface area is 182 Å². The number of aliphatic hydroxyl groups is 1. The predicted molar refractivity (Wildman–Crippen MR) is 120 cm³/mol. The second-order valence-electron chi connectivity index (χ2n) is 6.60. The van der Waals surface area contributed by atoms with Crippen LogP contribution in [-0.4, -0.2) is 28.4 Å². The molecule has 0 bridgehead atoms. The molecule has 2 aromatic rings. The van der Waals surface area contributed by atoms with Crippen LogP contribution in [0.5, 0.6) is 0 Å². The highest BCUT2D eigenvalue weighted by molar-refractivity contribution is 9.10. The quantitative estimate of drug-likeness (QED) is 0.341. The Kier molecular flexibility index (Phi) is 9.35. The highest BCUT2D eigenvalue weighted by Crippen LogP contribution is 2.25. The number of hydrogen-bond acceptors (Lipinski definition) is 4. The molecule has 0 saturated carbocycles. The minimum absolute atomic E-state index is 0.250. The SMILES string of the molecule is CCO.O/N=C1/CCCc2cc(Br)ccc21.O=C1CCCc2cc(Br)ccc21. The van der Waals surface area contributed by atoms with E-state index in [-0.39, 0.29) is 6.61 Å². The van der Waals surface area contributed by atoms with Crippen LogP contribution in [-0.2, 0) is 12.8 Å². The molecular weight excluding hydrogens is 486 g/mol. The lowest BCUT2D eigenvalue weighted by Gasteiger charge is -2.16. The summed E-state index contributed by atoms with van der Waals surface area (Å²) in [5, 5.41) is 19.7. The van der Waals surface area contributed by atoms with Gasteiger partial charge in [-0.2, -0.15) is 0 Å². The lowest BCUT2D eigenvalue weighted by atomic mass is 9.90. The van der Waals surface area contributed by atoms with E-state index in [0.717, 1.165) is 57.9 Å². The summed E-state index contributed by atoms with van der Waals surface area (Å²) in [5.41, 5.74) is 5.30. The van der Waals surface area contributed by atoms with E-state index in [1.165, 1.54) is 11.1 Å². The lowest BCUT2D eigenvalue weighted by Crippen LogP contribution is -2.11. The molecule has 28 heavy (non-hydrogen) atoms. The van der Waals surface area contributed by atoms with Crippen molar-refractivity contribution in [3.8, 4) is 0 Å². The van der Waals surface area contributed by atoms with Crippen LogP contribution in [0.4, 0.5) is 0 Å². The minimum Gasteiger partial charge on any atom is -0.411 e. The van der Waals surface area contributed by atoms with Crippen LogP contribution in [0.25, 0.3) is 0 Å². The molecule has 0 aliphatic heterocycles. The molecule has 4 rings (SSSR count). The van der Waals surface area contributed by atoms with Crippen LogP contribution in [0.1, 0.15) is 59.7 Å². The van der Waals surface area contributed by atoms with Gasteiger partial charge in [0, 0.05) is 33.1 Å². The second kappa shape index (κ2) is 11.5. The van der Waals surface area contributed by atoms with Crippen molar-refractivity contribution in [3.63, 3.8) is 0 Å². The first-order valence-electron chi connectivity index (χ1n) is 9.42. The van der Waals surface area contributed by atoms with E-state index in [4.69, 9.17) is 10.3 Å². The molecule has 2 aliphatic rings. The molecule has 0 aromatic heterocycles. The molecule has 0 spiro atoms. The average Bonchev–Trinajstić information content (AvgIpc) is 2.68. The van der Waals surface area contributed by atoms with E-state index in [0.29, 0.717) is 12.2 Å². The molecular formula is C22H25Br2NO3. The second-order valence-corrected chi connectivity index (χ2v) is 8.43. The highest BCUT2D eigenvalue weighted by Gasteiger charge is 2.16. The molecule has 0 unspecified atom stereocenters. The predicted octanol–water partition coefficient (Wildman–Crippen LogP) is 5.93. The molecule has 0 radical (unpaired) electrons. The third kappa shape index (κ3) is 6.26. The van der Waals surface area contributed by atoms with E-state index in [1.807, 2.05) is 30.3 Å². The van der Waals surface area contributed by atoms with E-state index >= 15 is 0 Å². The first-order valence-corrected chi connectivity index (χ1v) is 11.0. The van der Waals surface area contributed by atoms with Gasteiger partial charge in [-0.25, -0.2) is 0 Å². The smallest absolute Gasteiger partial charge is 0.163 e. The molecule has 0 amide bonds. The van der Waals surface area contributed by atoms with Gasteiger partial charge < -0.3 is 10.3 Å². The number of halogens is 2. The van der Waals surface area contributed by atoms with Crippen molar-refractivity contribution in [2.75, 3.05) is 6.61 Å². The van der Waals surface area contributed by atoms with Crippen molar-refractivity contribution < 1.29 is 15.1 Å². The summed E-state index contributed by atoms with van der Waals surface area (Å²) in [6.45, 7) is 1.93. The van der Waals surface area contributed by atoms with Gasteiger partial charge in [0.25, 0.3) is 0 Å². The molecule has 2 aromatic carbocycles. The summed E-state index contributed by atoms with van der Waals surface area (Å²) in [4.78, 5) is 11.4. The van der Waals surface area contributed by atoms with Crippen LogP contribution in [0.2, 0.25) is 0 Å². The Morgan fingerprint density at radius 1 is 0.893 bits per heavy atom. The Morgan fingerprint density at radius 3 is 1.96 bits per heavy atom. The van der Waals surface area contributed by atoms with Crippen LogP contribution in [0, 0.1) is 0 Å². The van der Waals surface area contributed by atoms with Crippen molar-refractivity contribution in [2.24, 2.45) is 5.16 Å². The molecule has 2 aliphatic carbocycles. The van der Waals surface area contributed by atoms with E-state index in [1.54, 1.807) is 6.92 Å². The van der Waals surface area contributed by atoms with Gasteiger partial charge >= 0.3 is 0 Å². The Hall–Kier alpha value is -1.50. The number of rotatable bonds is 0. The monoisotopic (exact) mass is 509 g/mol. The van der Waals surface area contributed by atoms with Gasteiger partial charge in [-0.1, -0.05) is 49.1 Å². The minimum atomic E-state index is 0.250. The van der Waals surface area contributed by atoms with Crippen molar-refractivity contribution in [1.29, 1.82) is 0 Å². The number of aliphatic hydroxyl groups excluding tert-OH is 1. The van der Waals surface area contributed by atoms with Gasteiger partial charge in [0.1, 0.15) is 0 Å². The number of carbonyl (C=O) groups is 1. The largest absolute Gasteiger partial charge is 0.411 e. The van der Waals surface area contributed by atoms with Gasteiger partial charge in [0.05, 0.1) is 5.71 Å². The van der Waals surface area contributed by atoms with Gasteiger partial charge in [-0.3, -0.25) is 4.79 Å².